The maximum atomic E-state index is 11.6. The zero-order chi connectivity index (χ0) is 15.2. The first-order valence-electron chi connectivity index (χ1n) is 7.15. The van der Waals surface area contributed by atoms with Gasteiger partial charge in [-0.1, -0.05) is 18.2 Å². The second-order valence-corrected chi connectivity index (χ2v) is 5.23. The molecule has 0 bridgehead atoms. The zero-order valence-corrected chi connectivity index (χ0v) is 12.8. The first kappa shape index (κ1) is 15.3. The fourth-order valence-corrected chi connectivity index (χ4v) is 2.34. The lowest BCUT2D eigenvalue weighted by atomic mass is 10.1. The Morgan fingerprint density at radius 2 is 2.05 bits per heavy atom. The Kier molecular flexibility index (Phi) is 5.11. The van der Waals surface area contributed by atoms with E-state index in [0.717, 1.165) is 23.5 Å². The Morgan fingerprint density at radius 1 is 1.33 bits per heavy atom. The summed E-state index contributed by atoms with van der Waals surface area (Å²) in [6, 6.07) is 12.2. The molecule has 2 N–H and O–H groups in total. The van der Waals surface area contributed by atoms with Gasteiger partial charge in [0.1, 0.15) is 0 Å². The van der Waals surface area contributed by atoms with Crippen LogP contribution in [0, 0.1) is 6.92 Å². The maximum Gasteiger partial charge on any atom is 0.234 e. The highest BCUT2D eigenvalue weighted by atomic mass is 16.1. The summed E-state index contributed by atoms with van der Waals surface area (Å²) >= 11 is 0. The summed E-state index contributed by atoms with van der Waals surface area (Å²) in [4.78, 5) is 11.6. The quantitative estimate of drug-likeness (QED) is 0.845. The van der Waals surface area contributed by atoms with Crippen molar-refractivity contribution in [1.82, 2.24) is 20.4 Å². The fourth-order valence-electron chi connectivity index (χ4n) is 2.34. The van der Waals surface area contributed by atoms with Crippen molar-refractivity contribution in [2.75, 3.05) is 13.6 Å². The molecule has 0 saturated carbocycles. The Labute approximate surface area is 125 Å². The number of likely N-dealkylation sites (N-methyl/N-ethyl adjacent to an activating group) is 1. The fraction of sp³-hybridized carbons (Fsp3) is 0.375. The van der Waals surface area contributed by atoms with E-state index in [0.29, 0.717) is 6.54 Å². The molecule has 1 amide bonds. The summed E-state index contributed by atoms with van der Waals surface area (Å²) in [6.07, 6.45) is 0.741. The van der Waals surface area contributed by atoms with E-state index in [1.54, 1.807) is 7.05 Å². The molecule has 5 nitrogen and oxygen atoms in total. The first-order valence-corrected chi connectivity index (χ1v) is 7.15. The van der Waals surface area contributed by atoms with Gasteiger partial charge in [0.2, 0.25) is 5.91 Å². The number of nitrogens with zero attached hydrogens (tertiary/aromatic N) is 2. The van der Waals surface area contributed by atoms with Gasteiger partial charge in [-0.2, -0.15) is 5.10 Å². The molecule has 1 atom stereocenters. The van der Waals surface area contributed by atoms with Gasteiger partial charge in [0.25, 0.3) is 0 Å². The van der Waals surface area contributed by atoms with Crippen LogP contribution in [0.15, 0.2) is 36.4 Å². The summed E-state index contributed by atoms with van der Waals surface area (Å²) in [5, 5.41) is 10.4. The zero-order valence-electron chi connectivity index (χ0n) is 12.8. The SMILES string of the molecule is CNCC(=O)NC(C)Cc1cc(C)nn1-c1ccccc1. The third-order valence-corrected chi connectivity index (χ3v) is 3.17. The molecule has 0 radical (unpaired) electrons. The number of para-hydroxylation sites is 1. The molecule has 0 aliphatic carbocycles. The Balaban J connectivity index is 2.12. The number of benzene rings is 1. The molecule has 0 aliphatic heterocycles. The lowest BCUT2D eigenvalue weighted by Gasteiger charge is -2.15. The predicted octanol–water partition coefficient (Wildman–Crippen LogP) is 1.45. The molecule has 0 spiro atoms. The van der Waals surface area contributed by atoms with Crippen LogP contribution in [0.4, 0.5) is 0 Å². The van der Waals surface area contributed by atoms with E-state index in [1.165, 1.54) is 0 Å². The van der Waals surface area contributed by atoms with E-state index in [9.17, 15) is 4.79 Å². The lowest BCUT2D eigenvalue weighted by molar-refractivity contribution is -0.120. The van der Waals surface area contributed by atoms with Crippen LogP contribution in [0.1, 0.15) is 18.3 Å². The lowest BCUT2D eigenvalue weighted by Crippen LogP contribution is -2.39. The van der Waals surface area contributed by atoms with E-state index >= 15 is 0 Å². The van der Waals surface area contributed by atoms with Gasteiger partial charge in [-0.3, -0.25) is 4.79 Å². The number of rotatable bonds is 6. The van der Waals surface area contributed by atoms with Crippen molar-refractivity contribution < 1.29 is 4.79 Å². The summed E-state index contributed by atoms with van der Waals surface area (Å²) in [5.74, 6) is 0.00694. The predicted molar refractivity (Wildman–Crippen MR) is 83.5 cm³/mol. The molecular weight excluding hydrogens is 264 g/mol. The topological polar surface area (TPSA) is 59.0 Å². The molecule has 0 saturated heterocycles. The molecule has 21 heavy (non-hydrogen) atoms. The molecule has 1 aromatic heterocycles. The largest absolute Gasteiger partial charge is 0.352 e. The number of aromatic nitrogens is 2. The van der Waals surface area contributed by atoms with Crippen LogP contribution in [0.25, 0.3) is 5.69 Å². The van der Waals surface area contributed by atoms with Crippen LogP contribution in [0.3, 0.4) is 0 Å². The molecule has 2 rings (SSSR count). The monoisotopic (exact) mass is 286 g/mol. The first-order chi connectivity index (χ1) is 10.1. The van der Waals surface area contributed by atoms with E-state index in [1.807, 2.05) is 48.9 Å². The van der Waals surface area contributed by atoms with Crippen LogP contribution in [-0.4, -0.2) is 35.3 Å². The normalized spacial score (nSPS) is 12.1. The van der Waals surface area contributed by atoms with Crippen molar-refractivity contribution in [3.63, 3.8) is 0 Å². The highest BCUT2D eigenvalue weighted by molar-refractivity contribution is 5.78. The van der Waals surface area contributed by atoms with E-state index < -0.39 is 0 Å². The van der Waals surface area contributed by atoms with E-state index in [-0.39, 0.29) is 11.9 Å². The van der Waals surface area contributed by atoms with Crippen molar-refractivity contribution in [3.8, 4) is 5.69 Å². The van der Waals surface area contributed by atoms with Crippen LogP contribution in [0.2, 0.25) is 0 Å². The number of carbonyl (C=O) groups is 1. The Morgan fingerprint density at radius 3 is 2.71 bits per heavy atom. The summed E-state index contributed by atoms with van der Waals surface area (Å²) in [7, 11) is 1.76. The average Bonchev–Trinajstić information content (AvgIpc) is 2.80. The number of hydrogen-bond donors (Lipinski definition) is 2. The van der Waals surface area contributed by atoms with Crippen molar-refractivity contribution in [2.45, 2.75) is 26.3 Å². The van der Waals surface area contributed by atoms with Gasteiger partial charge in [-0.25, -0.2) is 4.68 Å². The van der Waals surface area contributed by atoms with Gasteiger partial charge in [0.05, 0.1) is 17.9 Å². The van der Waals surface area contributed by atoms with Gasteiger partial charge in [0.15, 0.2) is 0 Å². The van der Waals surface area contributed by atoms with Gasteiger partial charge in [0, 0.05) is 18.2 Å². The highest BCUT2D eigenvalue weighted by Crippen LogP contribution is 2.14. The Hall–Kier alpha value is -2.14. The van der Waals surface area contributed by atoms with Crippen molar-refractivity contribution in [1.29, 1.82) is 0 Å². The van der Waals surface area contributed by atoms with E-state index in [2.05, 4.69) is 21.8 Å². The van der Waals surface area contributed by atoms with Crippen LogP contribution in [0.5, 0.6) is 0 Å². The number of aryl methyl sites for hydroxylation is 1. The molecular formula is C16H22N4O. The average molecular weight is 286 g/mol. The minimum Gasteiger partial charge on any atom is -0.352 e. The summed E-state index contributed by atoms with van der Waals surface area (Å²) < 4.78 is 1.94. The van der Waals surface area contributed by atoms with Crippen LogP contribution >= 0.6 is 0 Å². The van der Waals surface area contributed by atoms with Gasteiger partial charge in [-0.15, -0.1) is 0 Å². The molecule has 5 heteroatoms. The molecule has 112 valence electrons. The summed E-state index contributed by atoms with van der Waals surface area (Å²) in [6.45, 7) is 4.32. The molecule has 1 heterocycles. The molecule has 0 fully saturated rings. The van der Waals surface area contributed by atoms with E-state index in [4.69, 9.17) is 0 Å². The Bertz CT molecular complexity index is 592. The molecule has 0 aliphatic rings. The van der Waals surface area contributed by atoms with Crippen LogP contribution in [-0.2, 0) is 11.2 Å². The van der Waals surface area contributed by atoms with Gasteiger partial charge >= 0.3 is 0 Å². The van der Waals surface area contributed by atoms with Crippen molar-refractivity contribution >= 4 is 5.91 Å². The van der Waals surface area contributed by atoms with Gasteiger partial charge in [-0.05, 0) is 39.1 Å². The standard InChI is InChI=1S/C16H22N4O/c1-12(18-16(21)11-17-3)9-15-10-13(2)19-20(15)14-7-5-4-6-8-14/h4-8,10,12,17H,9,11H2,1-3H3,(H,18,21). The summed E-state index contributed by atoms with van der Waals surface area (Å²) in [5.41, 5.74) is 3.10. The second kappa shape index (κ2) is 7.04. The van der Waals surface area contributed by atoms with Gasteiger partial charge < -0.3 is 10.6 Å². The van der Waals surface area contributed by atoms with Crippen molar-refractivity contribution in [3.05, 3.63) is 47.8 Å². The third kappa shape index (κ3) is 4.16. The highest BCUT2D eigenvalue weighted by Gasteiger charge is 2.13. The number of amides is 1. The van der Waals surface area contributed by atoms with Crippen molar-refractivity contribution in [2.24, 2.45) is 0 Å². The smallest absolute Gasteiger partial charge is 0.234 e. The number of nitrogens with one attached hydrogen (secondary N) is 2. The minimum atomic E-state index is 0.00694. The maximum absolute atomic E-state index is 11.6. The molecule has 2 aromatic rings. The second-order valence-electron chi connectivity index (χ2n) is 5.23. The number of hydrogen-bond acceptors (Lipinski definition) is 3. The number of carbonyl (C=O) groups excluding carboxylic acids is 1. The molecule has 1 unspecified atom stereocenters. The molecule has 1 aromatic carbocycles. The van der Waals surface area contributed by atoms with Crippen LogP contribution < -0.4 is 10.6 Å². The third-order valence-electron chi connectivity index (χ3n) is 3.17. The minimum absolute atomic E-state index is 0.00694.